The minimum absolute atomic E-state index is 0.108. The number of carbonyl (C=O) groups excluding carboxylic acids is 3. The number of nitriles is 1. The first-order chi connectivity index (χ1) is 17.3. The predicted molar refractivity (Wildman–Crippen MR) is 133 cm³/mol. The Labute approximate surface area is 212 Å². The molecule has 3 fully saturated rings. The SMILES string of the molecule is CCN(CC[C@H]1C[C@@](C)(C#N)C1)[C@H]1CCC[C@@H]1Oc1ccc2c(c1)CN(C1CCC(=O)NC1=O)C2=O. The molecule has 8 heteroatoms. The molecule has 3 amide bonds. The summed E-state index contributed by atoms with van der Waals surface area (Å²) in [6, 6.07) is 7.84. The third-order valence-corrected chi connectivity index (χ3v) is 8.65. The minimum Gasteiger partial charge on any atom is -0.489 e. The Hall–Kier alpha value is -2.92. The first-order valence-electron chi connectivity index (χ1n) is 13.4. The van der Waals surface area contributed by atoms with Gasteiger partial charge in [0.1, 0.15) is 17.9 Å². The molecule has 1 saturated heterocycles. The van der Waals surface area contributed by atoms with Gasteiger partial charge in [-0.15, -0.1) is 0 Å². The Kier molecular flexibility index (Phi) is 6.78. The van der Waals surface area contributed by atoms with Crippen LogP contribution in [0.15, 0.2) is 18.2 Å². The fourth-order valence-corrected chi connectivity index (χ4v) is 6.68. The maximum atomic E-state index is 13.0. The van der Waals surface area contributed by atoms with Crippen LogP contribution in [0.4, 0.5) is 0 Å². The van der Waals surface area contributed by atoms with E-state index in [0.29, 0.717) is 30.5 Å². The van der Waals surface area contributed by atoms with Gasteiger partial charge in [0.2, 0.25) is 11.8 Å². The number of imide groups is 1. The second-order valence-electron chi connectivity index (χ2n) is 11.2. The summed E-state index contributed by atoms with van der Waals surface area (Å²) in [7, 11) is 0. The number of piperidine rings is 1. The minimum atomic E-state index is -0.606. The van der Waals surface area contributed by atoms with E-state index in [2.05, 4.69) is 30.1 Å². The molecule has 5 rings (SSSR count). The number of amides is 3. The van der Waals surface area contributed by atoms with Crippen LogP contribution >= 0.6 is 0 Å². The summed E-state index contributed by atoms with van der Waals surface area (Å²) in [5, 5.41) is 11.6. The van der Waals surface area contributed by atoms with Crippen molar-refractivity contribution in [2.24, 2.45) is 11.3 Å². The van der Waals surface area contributed by atoms with Gasteiger partial charge < -0.3 is 9.64 Å². The number of hydrogen-bond acceptors (Lipinski definition) is 6. The molecule has 0 aromatic heterocycles. The van der Waals surface area contributed by atoms with Crippen molar-refractivity contribution in [1.29, 1.82) is 5.26 Å². The summed E-state index contributed by atoms with van der Waals surface area (Å²) in [5.41, 5.74) is 1.35. The number of nitrogens with zero attached hydrogens (tertiary/aromatic N) is 3. The fraction of sp³-hybridized carbons (Fsp3) is 0.643. The number of carbonyl (C=O) groups is 3. The summed E-state index contributed by atoms with van der Waals surface area (Å²) in [6.45, 7) is 6.64. The van der Waals surface area contributed by atoms with Crippen molar-refractivity contribution < 1.29 is 19.1 Å². The lowest BCUT2D eigenvalue weighted by Crippen LogP contribution is -2.52. The van der Waals surface area contributed by atoms with E-state index < -0.39 is 11.9 Å². The van der Waals surface area contributed by atoms with Crippen LogP contribution in [0.25, 0.3) is 0 Å². The molecule has 192 valence electrons. The molecule has 2 aliphatic heterocycles. The van der Waals surface area contributed by atoms with Crippen LogP contribution in [0.1, 0.15) is 81.1 Å². The van der Waals surface area contributed by atoms with Gasteiger partial charge in [-0.05, 0) is 94.6 Å². The molecule has 2 heterocycles. The maximum absolute atomic E-state index is 13.0. The number of likely N-dealkylation sites (N-methyl/N-ethyl adjacent to an activating group) is 1. The lowest BCUT2D eigenvalue weighted by molar-refractivity contribution is -0.136. The number of fused-ring (bicyclic) bond motifs is 1. The second kappa shape index (κ2) is 9.85. The largest absolute Gasteiger partial charge is 0.489 e. The molecular weight excluding hydrogens is 456 g/mol. The predicted octanol–water partition coefficient (Wildman–Crippen LogP) is 3.40. The average Bonchev–Trinajstić information content (AvgIpc) is 3.42. The van der Waals surface area contributed by atoms with E-state index >= 15 is 0 Å². The standard InChI is InChI=1S/C28H36N4O4/c1-3-31(12-11-18-14-28(2,15-18)17-29)22-5-4-6-24(22)36-20-7-8-21-19(13-20)16-32(27(21)35)23-9-10-25(33)30-26(23)34/h7-8,13,18,22-24H,3-6,9-12,14-16H2,1-2H3,(H,30,33,34)/t18-,22-,23?,24-,28+/m0/s1. The van der Waals surface area contributed by atoms with Crippen molar-refractivity contribution in [2.75, 3.05) is 13.1 Å². The van der Waals surface area contributed by atoms with E-state index in [1.165, 1.54) is 0 Å². The highest BCUT2D eigenvalue weighted by Gasteiger charge is 2.42. The van der Waals surface area contributed by atoms with Crippen molar-refractivity contribution in [3.63, 3.8) is 0 Å². The highest BCUT2D eigenvalue weighted by atomic mass is 16.5. The molecule has 4 aliphatic rings. The van der Waals surface area contributed by atoms with Gasteiger partial charge in [0.25, 0.3) is 5.91 Å². The van der Waals surface area contributed by atoms with Crippen molar-refractivity contribution in [2.45, 2.75) is 89.9 Å². The van der Waals surface area contributed by atoms with E-state index in [1.54, 1.807) is 4.90 Å². The molecule has 1 unspecified atom stereocenters. The van der Waals surface area contributed by atoms with Gasteiger partial charge >= 0.3 is 0 Å². The molecule has 0 bridgehead atoms. The summed E-state index contributed by atoms with van der Waals surface area (Å²) in [5.74, 6) is 0.577. The first-order valence-corrected chi connectivity index (χ1v) is 13.4. The summed E-state index contributed by atoms with van der Waals surface area (Å²) < 4.78 is 6.51. The normalized spacial score (nSPS) is 31.7. The van der Waals surface area contributed by atoms with Gasteiger partial charge in [-0.2, -0.15) is 5.26 Å². The van der Waals surface area contributed by atoms with E-state index in [0.717, 1.165) is 62.9 Å². The van der Waals surface area contributed by atoms with Gasteiger partial charge in [0, 0.05) is 24.6 Å². The zero-order chi connectivity index (χ0) is 25.4. The quantitative estimate of drug-likeness (QED) is 0.558. The van der Waals surface area contributed by atoms with Gasteiger partial charge in [0.05, 0.1) is 11.5 Å². The Balaban J connectivity index is 1.20. The first kappa shape index (κ1) is 24.8. The smallest absolute Gasteiger partial charge is 0.255 e. The Morgan fingerprint density at radius 3 is 2.75 bits per heavy atom. The molecule has 0 spiro atoms. The third-order valence-electron chi connectivity index (χ3n) is 8.65. The molecule has 2 saturated carbocycles. The highest BCUT2D eigenvalue weighted by Crippen LogP contribution is 2.46. The third kappa shape index (κ3) is 4.73. The van der Waals surface area contributed by atoms with Crippen LogP contribution in [0.2, 0.25) is 0 Å². The molecular formula is C28H36N4O4. The molecule has 0 radical (unpaired) electrons. The second-order valence-corrected chi connectivity index (χ2v) is 11.2. The zero-order valence-electron chi connectivity index (χ0n) is 21.3. The molecule has 8 nitrogen and oxygen atoms in total. The van der Waals surface area contributed by atoms with Crippen LogP contribution in [0, 0.1) is 22.7 Å². The molecule has 1 aromatic carbocycles. The van der Waals surface area contributed by atoms with Gasteiger partial charge in [-0.25, -0.2) is 0 Å². The van der Waals surface area contributed by atoms with E-state index in [9.17, 15) is 19.6 Å². The molecule has 36 heavy (non-hydrogen) atoms. The van der Waals surface area contributed by atoms with Crippen LogP contribution in [-0.2, 0) is 16.1 Å². The molecule has 1 N–H and O–H groups in total. The van der Waals surface area contributed by atoms with Crippen molar-refractivity contribution in [1.82, 2.24) is 15.1 Å². The number of benzene rings is 1. The maximum Gasteiger partial charge on any atom is 0.255 e. The van der Waals surface area contributed by atoms with Crippen LogP contribution in [-0.4, -0.2) is 58.8 Å². The topological polar surface area (TPSA) is 103 Å². The van der Waals surface area contributed by atoms with Gasteiger partial charge in [-0.3, -0.25) is 24.6 Å². The van der Waals surface area contributed by atoms with Gasteiger partial charge in [0.15, 0.2) is 0 Å². The fourth-order valence-electron chi connectivity index (χ4n) is 6.68. The van der Waals surface area contributed by atoms with Crippen molar-refractivity contribution >= 4 is 17.7 Å². The highest BCUT2D eigenvalue weighted by molar-refractivity contribution is 6.05. The Bertz CT molecular complexity index is 1090. The lowest BCUT2D eigenvalue weighted by atomic mass is 9.63. The van der Waals surface area contributed by atoms with Crippen molar-refractivity contribution in [3.8, 4) is 11.8 Å². The van der Waals surface area contributed by atoms with Crippen LogP contribution in [0.3, 0.4) is 0 Å². The number of ether oxygens (including phenoxy) is 1. The Morgan fingerprint density at radius 2 is 2.03 bits per heavy atom. The monoisotopic (exact) mass is 492 g/mol. The summed E-state index contributed by atoms with van der Waals surface area (Å²) in [6.07, 6.45) is 7.13. The average molecular weight is 493 g/mol. The van der Waals surface area contributed by atoms with E-state index in [4.69, 9.17) is 4.74 Å². The van der Waals surface area contributed by atoms with Crippen LogP contribution < -0.4 is 10.1 Å². The Morgan fingerprint density at radius 1 is 1.22 bits per heavy atom. The summed E-state index contributed by atoms with van der Waals surface area (Å²) in [4.78, 5) is 40.9. The number of nitrogens with one attached hydrogen (secondary N) is 1. The molecule has 2 aliphatic carbocycles. The van der Waals surface area contributed by atoms with E-state index in [1.807, 2.05) is 18.2 Å². The molecule has 1 aromatic rings. The van der Waals surface area contributed by atoms with Crippen molar-refractivity contribution in [3.05, 3.63) is 29.3 Å². The number of rotatable bonds is 8. The van der Waals surface area contributed by atoms with Crippen LogP contribution in [0.5, 0.6) is 5.75 Å². The lowest BCUT2D eigenvalue weighted by Gasteiger charge is -2.41. The van der Waals surface area contributed by atoms with E-state index in [-0.39, 0.29) is 29.8 Å². The number of hydrogen-bond donors (Lipinski definition) is 1. The van der Waals surface area contributed by atoms with Gasteiger partial charge in [-0.1, -0.05) is 6.92 Å². The summed E-state index contributed by atoms with van der Waals surface area (Å²) >= 11 is 0. The zero-order valence-corrected chi connectivity index (χ0v) is 21.3. The molecule has 3 atom stereocenters.